The van der Waals surface area contributed by atoms with Crippen molar-refractivity contribution in [2.24, 2.45) is 5.73 Å². The number of aromatic amines is 1. The molecule has 0 fully saturated rings. The number of amides is 1. The number of anilines is 2. The molecule has 0 bridgehead atoms. The quantitative estimate of drug-likeness (QED) is 0.572. The predicted octanol–water partition coefficient (Wildman–Crippen LogP) is -0.778. The molecule has 0 saturated heterocycles. The van der Waals surface area contributed by atoms with Gasteiger partial charge in [-0.25, -0.2) is 4.98 Å². The minimum Gasteiger partial charge on any atom is -0.382 e. The van der Waals surface area contributed by atoms with Gasteiger partial charge in [0.25, 0.3) is 0 Å². The summed E-state index contributed by atoms with van der Waals surface area (Å²) >= 11 is 0. The summed E-state index contributed by atoms with van der Waals surface area (Å²) in [5, 5.41) is 0. The third-order valence-corrected chi connectivity index (χ3v) is 1.58. The standard InChI is InChI=1S/C7H13N5O/c1-4-10-6(9)7(11-4)12(2)3-5(8)13/h3,9H2,1-2H3,(H2,8,13)(H,10,11). The average molecular weight is 183 g/mol. The van der Waals surface area contributed by atoms with E-state index in [1.165, 1.54) is 0 Å². The van der Waals surface area contributed by atoms with E-state index < -0.39 is 5.91 Å². The Morgan fingerprint density at radius 2 is 2.31 bits per heavy atom. The van der Waals surface area contributed by atoms with Crippen LogP contribution >= 0.6 is 0 Å². The summed E-state index contributed by atoms with van der Waals surface area (Å²) in [6, 6.07) is 0. The first-order valence-corrected chi connectivity index (χ1v) is 3.82. The Labute approximate surface area is 75.9 Å². The minimum atomic E-state index is -0.414. The lowest BCUT2D eigenvalue weighted by Gasteiger charge is -2.13. The summed E-state index contributed by atoms with van der Waals surface area (Å²) in [7, 11) is 1.71. The third-order valence-electron chi connectivity index (χ3n) is 1.58. The normalized spacial score (nSPS) is 10.0. The number of imidazole rings is 1. The van der Waals surface area contributed by atoms with Gasteiger partial charge in [-0.3, -0.25) is 4.79 Å². The summed E-state index contributed by atoms with van der Waals surface area (Å²) in [6.45, 7) is 1.90. The maximum absolute atomic E-state index is 10.6. The van der Waals surface area contributed by atoms with Crippen LogP contribution in [0.25, 0.3) is 0 Å². The SMILES string of the molecule is Cc1nc(N(C)CC(N)=O)c(N)[nH]1. The average Bonchev–Trinajstić information content (AvgIpc) is 2.28. The smallest absolute Gasteiger partial charge is 0.236 e. The van der Waals surface area contributed by atoms with Crippen molar-refractivity contribution in [3.63, 3.8) is 0 Å². The lowest BCUT2D eigenvalue weighted by molar-refractivity contribution is -0.116. The van der Waals surface area contributed by atoms with Crippen molar-refractivity contribution in [3.05, 3.63) is 5.82 Å². The maximum Gasteiger partial charge on any atom is 0.236 e. The summed E-state index contributed by atoms with van der Waals surface area (Å²) < 4.78 is 0. The van der Waals surface area contributed by atoms with Crippen molar-refractivity contribution in [1.82, 2.24) is 9.97 Å². The van der Waals surface area contributed by atoms with Crippen molar-refractivity contribution in [2.45, 2.75) is 6.92 Å². The first kappa shape index (κ1) is 9.37. The van der Waals surface area contributed by atoms with Crippen LogP contribution in [0.3, 0.4) is 0 Å². The van der Waals surface area contributed by atoms with Crippen LogP contribution in [0.5, 0.6) is 0 Å². The van der Waals surface area contributed by atoms with Crippen molar-refractivity contribution in [3.8, 4) is 0 Å². The van der Waals surface area contributed by atoms with Gasteiger partial charge in [0.1, 0.15) is 11.6 Å². The van der Waals surface area contributed by atoms with Crippen LogP contribution in [0.4, 0.5) is 11.6 Å². The minimum absolute atomic E-state index is 0.106. The Kier molecular flexibility index (Phi) is 2.41. The highest BCUT2D eigenvalue weighted by molar-refractivity contribution is 5.80. The third kappa shape index (κ3) is 2.11. The van der Waals surface area contributed by atoms with Gasteiger partial charge in [0.05, 0.1) is 6.54 Å². The Balaban J connectivity index is 2.81. The number of carbonyl (C=O) groups is 1. The van der Waals surface area contributed by atoms with E-state index >= 15 is 0 Å². The molecule has 13 heavy (non-hydrogen) atoms. The molecule has 1 heterocycles. The number of rotatable bonds is 3. The van der Waals surface area contributed by atoms with Crippen LogP contribution in [-0.2, 0) is 4.79 Å². The summed E-state index contributed by atoms with van der Waals surface area (Å²) in [5.74, 6) is 1.30. The lowest BCUT2D eigenvalue weighted by atomic mass is 10.5. The van der Waals surface area contributed by atoms with E-state index in [9.17, 15) is 4.79 Å². The van der Waals surface area contributed by atoms with Crippen LogP contribution in [0.15, 0.2) is 0 Å². The fraction of sp³-hybridized carbons (Fsp3) is 0.429. The number of aromatic nitrogens is 2. The fourth-order valence-corrected chi connectivity index (χ4v) is 1.10. The van der Waals surface area contributed by atoms with Gasteiger partial charge in [0.2, 0.25) is 5.91 Å². The first-order chi connectivity index (χ1) is 6.00. The van der Waals surface area contributed by atoms with E-state index in [4.69, 9.17) is 11.5 Å². The first-order valence-electron chi connectivity index (χ1n) is 3.82. The second kappa shape index (κ2) is 3.34. The number of primary amides is 1. The summed E-state index contributed by atoms with van der Waals surface area (Å²) in [6.07, 6.45) is 0. The summed E-state index contributed by atoms with van der Waals surface area (Å²) in [4.78, 5) is 19.1. The highest BCUT2D eigenvalue weighted by Crippen LogP contribution is 2.17. The lowest BCUT2D eigenvalue weighted by Crippen LogP contribution is -2.31. The van der Waals surface area contributed by atoms with Crippen molar-refractivity contribution >= 4 is 17.5 Å². The number of hydrogen-bond donors (Lipinski definition) is 3. The van der Waals surface area contributed by atoms with Crippen molar-refractivity contribution < 1.29 is 4.79 Å². The van der Waals surface area contributed by atoms with Crippen LogP contribution in [0.2, 0.25) is 0 Å². The molecule has 0 aliphatic carbocycles. The fourth-order valence-electron chi connectivity index (χ4n) is 1.10. The van der Waals surface area contributed by atoms with E-state index in [1.54, 1.807) is 18.9 Å². The number of nitrogen functional groups attached to an aromatic ring is 1. The van der Waals surface area contributed by atoms with Gasteiger partial charge in [-0.15, -0.1) is 0 Å². The molecule has 0 unspecified atom stereocenters. The topological polar surface area (TPSA) is 101 Å². The molecule has 5 N–H and O–H groups in total. The molecular weight excluding hydrogens is 170 g/mol. The molecular formula is C7H13N5O. The molecule has 0 saturated carbocycles. The molecule has 1 rings (SSSR count). The van der Waals surface area contributed by atoms with E-state index in [2.05, 4.69) is 9.97 Å². The largest absolute Gasteiger partial charge is 0.382 e. The number of nitrogens with one attached hydrogen (secondary N) is 1. The Hall–Kier alpha value is -1.72. The molecule has 0 spiro atoms. The molecule has 72 valence electrons. The second-order valence-corrected chi connectivity index (χ2v) is 2.88. The summed E-state index contributed by atoms with van der Waals surface area (Å²) in [5.41, 5.74) is 10.6. The molecule has 1 aromatic rings. The number of nitrogens with two attached hydrogens (primary N) is 2. The van der Waals surface area contributed by atoms with E-state index in [0.717, 1.165) is 0 Å². The molecule has 0 aliphatic heterocycles. The van der Waals surface area contributed by atoms with Gasteiger partial charge in [-0.2, -0.15) is 0 Å². The van der Waals surface area contributed by atoms with Gasteiger partial charge in [0, 0.05) is 7.05 Å². The molecule has 1 aromatic heterocycles. The maximum atomic E-state index is 10.6. The van der Waals surface area contributed by atoms with Crippen molar-refractivity contribution in [1.29, 1.82) is 0 Å². The number of hydrogen-bond acceptors (Lipinski definition) is 4. The number of H-pyrrole nitrogens is 1. The van der Waals surface area contributed by atoms with Crippen LogP contribution in [0, 0.1) is 6.92 Å². The monoisotopic (exact) mass is 183 g/mol. The van der Waals surface area contributed by atoms with Crippen LogP contribution < -0.4 is 16.4 Å². The van der Waals surface area contributed by atoms with Gasteiger partial charge in [0.15, 0.2) is 5.82 Å². The number of likely N-dealkylation sites (N-methyl/N-ethyl adjacent to an activating group) is 1. The van der Waals surface area contributed by atoms with Gasteiger partial charge >= 0.3 is 0 Å². The zero-order chi connectivity index (χ0) is 10.0. The zero-order valence-corrected chi connectivity index (χ0v) is 7.66. The Morgan fingerprint density at radius 1 is 1.69 bits per heavy atom. The van der Waals surface area contributed by atoms with E-state index in [-0.39, 0.29) is 6.54 Å². The molecule has 0 aromatic carbocycles. The molecule has 0 aliphatic rings. The molecule has 1 amide bonds. The molecule has 0 atom stereocenters. The van der Waals surface area contributed by atoms with Gasteiger partial charge in [-0.05, 0) is 6.92 Å². The van der Waals surface area contributed by atoms with E-state index in [0.29, 0.717) is 17.5 Å². The van der Waals surface area contributed by atoms with Gasteiger partial charge < -0.3 is 21.4 Å². The molecule has 6 nitrogen and oxygen atoms in total. The molecule has 0 radical (unpaired) electrons. The van der Waals surface area contributed by atoms with E-state index in [1.807, 2.05) is 0 Å². The number of carbonyl (C=O) groups excluding carboxylic acids is 1. The van der Waals surface area contributed by atoms with Crippen LogP contribution in [-0.4, -0.2) is 29.5 Å². The zero-order valence-electron chi connectivity index (χ0n) is 7.66. The predicted molar refractivity (Wildman–Crippen MR) is 50.2 cm³/mol. The highest BCUT2D eigenvalue weighted by Gasteiger charge is 2.11. The van der Waals surface area contributed by atoms with Crippen LogP contribution in [0.1, 0.15) is 5.82 Å². The van der Waals surface area contributed by atoms with Gasteiger partial charge in [-0.1, -0.05) is 0 Å². The Morgan fingerprint density at radius 3 is 2.69 bits per heavy atom. The van der Waals surface area contributed by atoms with Crippen molar-refractivity contribution in [2.75, 3.05) is 24.2 Å². The highest BCUT2D eigenvalue weighted by atomic mass is 16.1. The number of aryl methyl sites for hydroxylation is 1. The second-order valence-electron chi connectivity index (χ2n) is 2.88. The number of nitrogens with zero attached hydrogens (tertiary/aromatic N) is 2. The molecule has 6 heteroatoms. The Bertz CT molecular complexity index is 319.